The number of carbonyl (C=O) groups is 1. The lowest BCUT2D eigenvalue weighted by molar-refractivity contribution is -0.184. The maximum Gasteiger partial charge on any atom is 0.224 e. The third-order valence-corrected chi connectivity index (χ3v) is 3.99. The molecule has 1 aliphatic carbocycles. The van der Waals surface area contributed by atoms with Crippen LogP contribution in [0.15, 0.2) is 0 Å². The molecule has 5 heteroatoms. The van der Waals surface area contributed by atoms with Crippen molar-refractivity contribution in [3.05, 3.63) is 0 Å². The molecule has 1 amide bonds. The smallest absolute Gasteiger partial charge is 0.224 e. The molecular weight excluding hydrogens is 234 g/mol. The highest BCUT2D eigenvalue weighted by Crippen LogP contribution is 2.37. The first-order valence-electron chi connectivity index (χ1n) is 6.69. The largest absolute Gasteiger partial charge is 0.384 e. The van der Waals surface area contributed by atoms with Crippen LogP contribution in [0.4, 0.5) is 0 Å². The Kier molecular flexibility index (Phi) is 4.59. The van der Waals surface area contributed by atoms with Gasteiger partial charge in [-0.05, 0) is 12.8 Å². The van der Waals surface area contributed by atoms with Crippen LogP contribution in [0.2, 0.25) is 0 Å². The Balaban J connectivity index is 1.79. The highest BCUT2D eigenvalue weighted by Gasteiger charge is 2.41. The van der Waals surface area contributed by atoms with E-state index in [1.54, 1.807) is 7.11 Å². The molecule has 0 aromatic rings. The zero-order valence-corrected chi connectivity index (χ0v) is 11.3. The second-order valence-corrected chi connectivity index (χ2v) is 5.09. The van der Waals surface area contributed by atoms with Crippen molar-refractivity contribution >= 4 is 5.91 Å². The third kappa shape index (κ3) is 3.02. The van der Waals surface area contributed by atoms with E-state index in [4.69, 9.17) is 14.2 Å². The zero-order chi connectivity index (χ0) is 13.0. The summed E-state index contributed by atoms with van der Waals surface area (Å²) in [6.07, 6.45) is 4.14. The summed E-state index contributed by atoms with van der Waals surface area (Å²) in [5.41, 5.74) is 0. The maximum absolute atomic E-state index is 11.9. The van der Waals surface area contributed by atoms with Crippen LogP contribution >= 0.6 is 0 Å². The summed E-state index contributed by atoms with van der Waals surface area (Å²) < 4.78 is 16.3. The number of nitrogens with zero attached hydrogens (tertiary/aromatic N) is 1. The average Bonchev–Trinajstić information content (AvgIpc) is 2.84. The van der Waals surface area contributed by atoms with E-state index in [0.29, 0.717) is 32.3 Å². The van der Waals surface area contributed by atoms with Crippen LogP contribution in [-0.4, -0.2) is 56.6 Å². The summed E-state index contributed by atoms with van der Waals surface area (Å²) in [6, 6.07) is 0.313. The van der Waals surface area contributed by atoms with Gasteiger partial charge in [0, 0.05) is 33.0 Å². The minimum absolute atomic E-state index is 0.158. The normalized spacial score (nSPS) is 23.4. The lowest BCUT2D eigenvalue weighted by Crippen LogP contribution is -2.45. The molecule has 0 aromatic heterocycles. The molecule has 2 aliphatic rings. The van der Waals surface area contributed by atoms with Crippen molar-refractivity contribution in [3.63, 3.8) is 0 Å². The minimum atomic E-state index is -0.340. The lowest BCUT2D eigenvalue weighted by Gasteiger charge is -2.39. The quantitative estimate of drug-likeness (QED) is 0.758. The number of rotatable bonds is 4. The number of hydrogen-bond donors (Lipinski definition) is 0. The van der Waals surface area contributed by atoms with Crippen molar-refractivity contribution in [3.8, 4) is 0 Å². The van der Waals surface area contributed by atoms with Gasteiger partial charge in [-0.3, -0.25) is 4.79 Å². The lowest BCUT2D eigenvalue weighted by atomic mass is 9.89. The van der Waals surface area contributed by atoms with E-state index in [1.807, 2.05) is 11.9 Å². The molecule has 1 saturated carbocycles. The van der Waals surface area contributed by atoms with Gasteiger partial charge in [-0.15, -0.1) is 0 Å². The van der Waals surface area contributed by atoms with Gasteiger partial charge >= 0.3 is 0 Å². The number of ether oxygens (including phenoxy) is 3. The Labute approximate surface area is 108 Å². The molecule has 0 atom stereocenters. The van der Waals surface area contributed by atoms with Crippen LogP contribution in [-0.2, 0) is 19.0 Å². The third-order valence-electron chi connectivity index (χ3n) is 3.99. The van der Waals surface area contributed by atoms with Gasteiger partial charge in [0.05, 0.1) is 26.2 Å². The highest BCUT2D eigenvalue weighted by molar-refractivity contribution is 5.76. The summed E-state index contributed by atoms with van der Waals surface area (Å²) >= 11 is 0. The Bertz CT molecular complexity index is 279. The summed E-state index contributed by atoms with van der Waals surface area (Å²) in [5, 5.41) is 0. The van der Waals surface area contributed by atoms with Crippen molar-refractivity contribution in [2.45, 2.75) is 43.9 Å². The van der Waals surface area contributed by atoms with E-state index in [9.17, 15) is 4.79 Å². The van der Waals surface area contributed by atoms with Crippen molar-refractivity contribution in [1.29, 1.82) is 0 Å². The summed E-state index contributed by atoms with van der Waals surface area (Å²) in [7, 11) is 3.50. The fourth-order valence-corrected chi connectivity index (χ4v) is 2.78. The Morgan fingerprint density at radius 2 is 1.94 bits per heavy atom. The molecule has 1 spiro atoms. The molecule has 104 valence electrons. The fourth-order valence-electron chi connectivity index (χ4n) is 2.78. The van der Waals surface area contributed by atoms with Gasteiger partial charge in [0.25, 0.3) is 0 Å². The monoisotopic (exact) mass is 257 g/mol. The summed E-state index contributed by atoms with van der Waals surface area (Å²) in [4.78, 5) is 13.8. The molecule has 0 N–H and O–H groups in total. The summed E-state index contributed by atoms with van der Waals surface area (Å²) in [5.74, 6) is -0.182. The van der Waals surface area contributed by atoms with Gasteiger partial charge in [0.1, 0.15) is 0 Å². The van der Waals surface area contributed by atoms with Crippen molar-refractivity contribution in [2.24, 2.45) is 0 Å². The van der Waals surface area contributed by atoms with Gasteiger partial charge in [-0.2, -0.15) is 0 Å². The second kappa shape index (κ2) is 5.99. The maximum atomic E-state index is 11.9. The van der Waals surface area contributed by atoms with Gasteiger partial charge in [0.2, 0.25) is 5.91 Å². The Morgan fingerprint density at radius 3 is 2.50 bits per heavy atom. The van der Waals surface area contributed by atoms with E-state index in [1.165, 1.54) is 0 Å². The van der Waals surface area contributed by atoms with E-state index in [2.05, 4.69) is 0 Å². The van der Waals surface area contributed by atoms with Crippen LogP contribution in [0.3, 0.4) is 0 Å². The molecular formula is C13H23NO4. The molecule has 2 rings (SSSR count). The van der Waals surface area contributed by atoms with Gasteiger partial charge in [0.15, 0.2) is 5.79 Å². The fraction of sp³-hybridized carbons (Fsp3) is 0.923. The number of hydrogen-bond acceptors (Lipinski definition) is 4. The molecule has 0 radical (unpaired) electrons. The van der Waals surface area contributed by atoms with Crippen LogP contribution in [0.1, 0.15) is 32.1 Å². The number of amides is 1. The predicted molar refractivity (Wildman–Crippen MR) is 66.2 cm³/mol. The first-order valence-corrected chi connectivity index (χ1v) is 6.69. The summed E-state index contributed by atoms with van der Waals surface area (Å²) in [6.45, 7) is 1.90. The SMILES string of the molecule is COCCC(=O)N(C)C1CCC2(CC1)OCCO2. The number of methoxy groups -OCH3 is 1. The standard InChI is InChI=1S/C13H23NO4/c1-14(12(15)5-8-16-2)11-3-6-13(7-4-11)17-9-10-18-13/h11H,3-10H2,1-2H3. The van der Waals surface area contributed by atoms with Crippen LogP contribution < -0.4 is 0 Å². The molecule has 18 heavy (non-hydrogen) atoms. The molecule has 2 fully saturated rings. The molecule has 5 nitrogen and oxygen atoms in total. The van der Waals surface area contributed by atoms with E-state index >= 15 is 0 Å². The van der Waals surface area contributed by atoms with Crippen LogP contribution in [0.25, 0.3) is 0 Å². The van der Waals surface area contributed by atoms with E-state index < -0.39 is 0 Å². The Morgan fingerprint density at radius 1 is 1.33 bits per heavy atom. The van der Waals surface area contributed by atoms with Gasteiger partial charge in [-0.25, -0.2) is 0 Å². The van der Waals surface area contributed by atoms with Crippen molar-refractivity contribution in [1.82, 2.24) is 4.90 Å². The topological polar surface area (TPSA) is 48.0 Å². The van der Waals surface area contributed by atoms with Gasteiger partial charge < -0.3 is 19.1 Å². The van der Waals surface area contributed by atoms with Crippen molar-refractivity contribution in [2.75, 3.05) is 34.0 Å². The molecule has 0 unspecified atom stereocenters. The second-order valence-electron chi connectivity index (χ2n) is 5.09. The van der Waals surface area contributed by atoms with E-state index in [-0.39, 0.29) is 11.7 Å². The molecule has 0 aromatic carbocycles. The minimum Gasteiger partial charge on any atom is -0.384 e. The molecule has 1 aliphatic heterocycles. The van der Waals surface area contributed by atoms with Crippen molar-refractivity contribution < 1.29 is 19.0 Å². The van der Waals surface area contributed by atoms with E-state index in [0.717, 1.165) is 25.7 Å². The predicted octanol–water partition coefficient (Wildman–Crippen LogP) is 1.17. The number of carbonyl (C=O) groups excluding carboxylic acids is 1. The zero-order valence-electron chi connectivity index (χ0n) is 11.3. The average molecular weight is 257 g/mol. The first-order chi connectivity index (χ1) is 8.67. The Hall–Kier alpha value is -0.650. The van der Waals surface area contributed by atoms with Crippen LogP contribution in [0, 0.1) is 0 Å². The first kappa shape index (κ1) is 13.8. The highest BCUT2D eigenvalue weighted by atomic mass is 16.7. The molecule has 0 bridgehead atoms. The van der Waals surface area contributed by atoms with Crippen LogP contribution in [0.5, 0.6) is 0 Å². The van der Waals surface area contributed by atoms with Gasteiger partial charge in [-0.1, -0.05) is 0 Å². The molecule has 1 heterocycles. The molecule has 1 saturated heterocycles.